The topological polar surface area (TPSA) is 106 Å². The van der Waals surface area contributed by atoms with Gasteiger partial charge in [0.25, 0.3) is 5.91 Å². The Balaban J connectivity index is 1.31. The third kappa shape index (κ3) is 5.27. The molecular weight excluding hydrogens is 440 g/mol. The second-order valence-corrected chi connectivity index (χ2v) is 8.13. The summed E-state index contributed by atoms with van der Waals surface area (Å²) < 4.78 is 10.4. The van der Waals surface area contributed by atoms with Crippen LogP contribution < -0.4 is 10.1 Å². The van der Waals surface area contributed by atoms with Gasteiger partial charge in [0.2, 0.25) is 0 Å². The number of hydrogen-bond acceptors (Lipinski definition) is 7. The number of amides is 1. The van der Waals surface area contributed by atoms with Crippen LogP contribution in [0.5, 0.6) is 5.75 Å². The molecule has 2 aromatic heterocycles. The molecule has 1 amide bonds. The molecule has 2 N–H and O–H groups in total. The van der Waals surface area contributed by atoms with Crippen molar-refractivity contribution >= 4 is 28.3 Å². The van der Waals surface area contributed by atoms with Crippen molar-refractivity contribution in [2.24, 2.45) is 0 Å². The van der Waals surface area contributed by atoms with Crippen LogP contribution in [0.2, 0.25) is 0 Å². The molecule has 0 bridgehead atoms. The maximum Gasteiger partial charge on any atom is 0.338 e. The fourth-order valence-corrected chi connectivity index (χ4v) is 3.80. The second-order valence-electron chi connectivity index (χ2n) is 7.27. The van der Waals surface area contributed by atoms with Gasteiger partial charge in [-0.05, 0) is 38.1 Å². The van der Waals surface area contributed by atoms with Gasteiger partial charge in [0.15, 0.2) is 11.7 Å². The number of anilines is 1. The van der Waals surface area contributed by atoms with E-state index in [0.717, 1.165) is 34.1 Å². The van der Waals surface area contributed by atoms with Crippen molar-refractivity contribution in [3.05, 3.63) is 70.9 Å². The lowest BCUT2D eigenvalue weighted by molar-refractivity contribution is -0.119. The predicted octanol–water partition coefficient (Wildman–Crippen LogP) is 4.62. The predicted molar refractivity (Wildman–Crippen MR) is 127 cm³/mol. The van der Waals surface area contributed by atoms with Crippen molar-refractivity contribution in [1.29, 1.82) is 0 Å². The number of nitrogens with zero attached hydrogens (tertiary/aromatic N) is 2. The van der Waals surface area contributed by atoms with E-state index in [-0.39, 0.29) is 0 Å². The number of nitrogens with one attached hydrogen (secondary N) is 2. The highest BCUT2D eigenvalue weighted by Gasteiger charge is 2.13. The lowest BCUT2D eigenvalue weighted by Gasteiger charge is -2.05. The number of ether oxygens (including phenoxy) is 2. The van der Waals surface area contributed by atoms with E-state index in [1.165, 1.54) is 11.3 Å². The summed E-state index contributed by atoms with van der Waals surface area (Å²) in [6.45, 7) is 3.47. The van der Waals surface area contributed by atoms with Gasteiger partial charge in [0, 0.05) is 22.2 Å². The number of aromatic amines is 1. The Morgan fingerprint density at radius 2 is 1.85 bits per heavy atom. The molecule has 4 aromatic rings. The second kappa shape index (κ2) is 9.66. The standard InChI is InChI=1S/C24H22N4O4S/c1-14-15(2)26-22(25-14)16-7-9-17(10-8-16)23(30)32-12-21(29)28-24-27-20(13-33-24)18-5-4-6-19(11-18)31-3/h4-11,13H,12H2,1-3H3,(H,25,26)(H,27,28,29). The summed E-state index contributed by atoms with van der Waals surface area (Å²) in [4.78, 5) is 36.6. The number of methoxy groups -OCH3 is 1. The Morgan fingerprint density at radius 1 is 1.06 bits per heavy atom. The number of hydrogen-bond donors (Lipinski definition) is 2. The molecule has 4 rings (SSSR count). The van der Waals surface area contributed by atoms with Gasteiger partial charge in [-0.15, -0.1) is 11.3 Å². The van der Waals surface area contributed by atoms with E-state index in [0.29, 0.717) is 16.4 Å². The summed E-state index contributed by atoms with van der Waals surface area (Å²) >= 11 is 1.29. The molecular formula is C24H22N4O4S. The zero-order chi connectivity index (χ0) is 23.4. The van der Waals surface area contributed by atoms with Gasteiger partial charge in [-0.2, -0.15) is 0 Å². The average molecular weight is 463 g/mol. The molecule has 0 aliphatic carbocycles. The molecule has 168 valence electrons. The van der Waals surface area contributed by atoms with E-state index >= 15 is 0 Å². The lowest BCUT2D eigenvalue weighted by atomic mass is 10.1. The molecule has 33 heavy (non-hydrogen) atoms. The Hall–Kier alpha value is -3.98. The van der Waals surface area contributed by atoms with E-state index in [4.69, 9.17) is 9.47 Å². The van der Waals surface area contributed by atoms with Gasteiger partial charge in [0.1, 0.15) is 11.6 Å². The van der Waals surface area contributed by atoms with Crippen LogP contribution in [0.1, 0.15) is 21.7 Å². The first-order chi connectivity index (χ1) is 15.9. The molecule has 2 heterocycles. The number of thiazole rings is 1. The number of carbonyl (C=O) groups excluding carboxylic acids is 2. The third-order valence-corrected chi connectivity index (χ3v) is 5.73. The van der Waals surface area contributed by atoms with E-state index in [1.807, 2.05) is 43.5 Å². The van der Waals surface area contributed by atoms with Crippen LogP contribution in [0.15, 0.2) is 53.9 Å². The summed E-state index contributed by atoms with van der Waals surface area (Å²) in [5.41, 5.74) is 4.72. The third-order valence-electron chi connectivity index (χ3n) is 4.97. The van der Waals surface area contributed by atoms with Crippen molar-refractivity contribution in [1.82, 2.24) is 15.0 Å². The molecule has 0 aliphatic heterocycles. The van der Waals surface area contributed by atoms with Crippen molar-refractivity contribution in [3.8, 4) is 28.4 Å². The quantitative estimate of drug-likeness (QED) is 0.388. The van der Waals surface area contributed by atoms with Crippen molar-refractivity contribution in [2.75, 3.05) is 19.0 Å². The molecule has 0 saturated heterocycles. The van der Waals surface area contributed by atoms with E-state index in [2.05, 4.69) is 20.3 Å². The van der Waals surface area contributed by atoms with E-state index in [1.54, 1.807) is 31.4 Å². The van der Waals surface area contributed by atoms with Gasteiger partial charge in [-0.25, -0.2) is 14.8 Å². The fraction of sp³-hybridized carbons (Fsp3) is 0.167. The van der Waals surface area contributed by atoms with Gasteiger partial charge in [-0.1, -0.05) is 24.3 Å². The van der Waals surface area contributed by atoms with Crippen molar-refractivity contribution in [3.63, 3.8) is 0 Å². The number of imidazole rings is 1. The van der Waals surface area contributed by atoms with E-state index in [9.17, 15) is 9.59 Å². The number of aromatic nitrogens is 3. The minimum absolute atomic E-state index is 0.348. The zero-order valence-corrected chi connectivity index (χ0v) is 19.2. The molecule has 0 atom stereocenters. The summed E-state index contributed by atoms with van der Waals surface area (Å²) in [6.07, 6.45) is 0. The molecule has 0 spiro atoms. The maximum atomic E-state index is 12.3. The monoisotopic (exact) mass is 462 g/mol. The SMILES string of the molecule is COc1cccc(-c2csc(NC(=O)COC(=O)c3ccc(-c4nc(C)c(C)[nH]4)cc3)n2)c1. The molecule has 9 heteroatoms. The van der Waals surface area contributed by atoms with Crippen LogP contribution in [0.3, 0.4) is 0 Å². The molecule has 8 nitrogen and oxygen atoms in total. The molecule has 0 radical (unpaired) electrons. The number of H-pyrrole nitrogens is 1. The van der Waals surface area contributed by atoms with Crippen LogP contribution in [0.4, 0.5) is 5.13 Å². The maximum absolute atomic E-state index is 12.3. The number of rotatable bonds is 7. The smallest absolute Gasteiger partial charge is 0.338 e. The molecule has 0 fully saturated rings. The molecule has 2 aromatic carbocycles. The van der Waals surface area contributed by atoms with Gasteiger partial charge in [0.05, 0.1) is 24.1 Å². The lowest BCUT2D eigenvalue weighted by Crippen LogP contribution is -2.20. The first-order valence-corrected chi connectivity index (χ1v) is 11.0. The largest absolute Gasteiger partial charge is 0.497 e. The Labute approximate surface area is 194 Å². The summed E-state index contributed by atoms with van der Waals surface area (Å²) in [6, 6.07) is 14.3. The average Bonchev–Trinajstić information content (AvgIpc) is 3.44. The number of aryl methyl sites for hydroxylation is 2. The molecule has 0 unspecified atom stereocenters. The fourth-order valence-electron chi connectivity index (χ4n) is 3.06. The van der Waals surface area contributed by atoms with Crippen LogP contribution >= 0.6 is 11.3 Å². The first kappa shape index (κ1) is 22.2. The van der Waals surface area contributed by atoms with Crippen molar-refractivity contribution in [2.45, 2.75) is 13.8 Å². The van der Waals surface area contributed by atoms with Gasteiger partial charge in [-0.3, -0.25) is 10.1 Å². The summed E-state index contributed by atoms with van der Waals surface area (Å²) in [5, 5.41) is 4.91. The Morgan fingerprint density at radius 3 is 2.55 bits per heavy atom. The summed E-state index contributed by atoms with van der Waals surface area (Å²) in [5.74, 6) is 0.411. The number of carbonyl (C=O) groups is 2. The zero-order valence-electron chi connectivity index (χ0n) is 18.3. The van der Waals surface area contributed by atoms with Crippen molar-refractivity contribution < 1.29 is 19.1 Å². The van der Waals surface area contributed by atoms with Gasteiger partial charge < -0.3 is 14.5 Å². The normalized spacial score (nSPS) is 10.6. The highest BCUT2D eigenvalue weighted by Crippen LogP contribution is 2.27. The molecule has 0 aliphatic rings. The minimum atomic E-state index is -0.584. The first-order valence-electron chi connectivity index (χ1n) is 10.1. The highest BCUT2D eigenvalue weighted by atomic mass is 32.1. The van der Waals surface area contributed by atoms with E-state index < -0.39 is 18.5 Å². The number of esters is 1. The highest BCUT2D eigenvalue weighted by molar-refractivity contribution is 7.14. The molecule has 0 saturated carbocycles. The minimum Gasteiger partial charge on any atom is -0.497 e. The summed E-state index contributed by atoms with van der Waals surface area (Å²) in [7, 11) is 1.60. The number of benzene rings is 2. The van der Waals surface area contributed by atoms with Crippen LogP contribution in [0.25, 0.3) is 22.6 Å². The van der Waals surface area contributed by atoms with Crippen LogP contribution in [0, 0.1) is 13.8 Å². The van der Waals surface area contributed by atoms with Gasteiger partial charge >= 0.3 is 5.97 Å². The Kier molecular flexibility index (Phi) is 6.50. The van der Waals surface area contributed by atoms with Crippen LogP contribution in [-0.2, 0) is 9.53 Å². The van der Waals surface area contributed by atoms with Crippen LogP contribution in [-0.4, -0.2) is 40.5 Å². The Bertz CT molecular complexity index is 1270.